The van der Waals surface area contributed by atoms with Crippen LogP contribution in [0.4, 0.5) is 4.39 Å². The molecule has 0 aliphatic rings. The highest BCUT2D eigenvalue weighted by atomic mass is 35.5. The minimum atomic E-state index is -0.340. The number of amides is 1. The van der Waals surface area contributed by atoms with Crippen molar-refractivity contribution in [1.29, 1.82) is 0 Å². The van der Waals surface area contributed by atoms with Crippen LogP contribution >= 0.6 is 11.6 Å². The first-order valence-electron chi connectivity index (χ1n) is 7.99. The molecule has 7 heteroatoms. The molecule has 0 saturated carbocycles. The Morgan fingerprint density at radius 3 is 2.50 bits per heavy atom. The fourth-order valence-electron chi connectivity index (χ4n) is 2.47. The fourth-order valence-corrected chi connectivity index (χ4v) is 2.82. The number of aryl methyl sites for hydroxylation is 1. The van der Waals surface area contributed by atoms with Gasteiger partial charge in [-0.05, 0) is 44.3 Å². The zero-order chi connectivity index (χ0) is 17.7. The first-order valence-corrected chi connectivity index (χ1v) is 8.37. The van der Waals surface area contributed by atoms with Gasteiger partial charge in [-0.3, -0.25) is 4.79 Å². The van der Waals surface area contributed by atoms with Gasteiger partial charge in [-0.25, -0.2) is 9.07 Å². The summed E-state index contributed by atoms with van der Waals surface area (Å²) in [4.78, 5) is 14.6. The van der Waals surface area contributed by atoms with Gasteiger partial charge < -0.3 is 10.2 Å². The number of nitrogens with one attached hydrogen (secondary N) is 1. The Morgan fingerprint density at radius 1 is 1.29 bits per heavy atom. The molecule has 0 saturated heterocycles. The van der Waals surface area contributed by atoms with Crippen LogP contribution in [0.15, 0.2) is 24.3 Å². The third-order valence-electron chi connectivity index (χ3n) is 3.91. The molecule has 0 radical (unpaired) electrons. The van der Waals surface area contributed by atoms with Crippen LogP contribution < -0.4 is 5.32 Å². The summed E-state index contributed by atoms with van der Waals surface area (Å²) in [6.07, 6.45) is 0. The molecule has 2 aromatic rings. The second kappa shape index (κ2) is 8.26. The summed E-state index contributed by atoms with van der Waals surface area (Å²) in [6, 6.07) is 5.78. The number of carbonyl (C=O) groups excluding carboxylic acids is 1. The number of halogens is 2. The number of rotatable bonds is 7. The van der Waals surface area contributed by atoms with E-state index in [1.54, 1.807) is 19.1 Å². The Morgan fingerprint density at radius 2 is 1.92 bits per heavy atom. The predicted molar refractivity (Wildman–Crippen MR) is 93.4 cm³/mol. The van der Waals surface area contributed by atoms with Gasteiger partial charge in [-0.1, -0.05) is 25.4 Å². The maximum Gasteiger partial charge on any atom is 0.256 e. The number of nitrogens with zero attached hydrogens (tertiary/aromatic N) is 3. The molecular formula is C17H22ClFN4O. The van der Waals surface area contributed by atoms with Crippen molar-refractivity contribution in [2.75, 3.05) is 26.2 Å². The van der Waals surface area contributed by atoms with E-state index in [-0.39, 0.29) is 16.9 Å². The van der Waals surface area contributed by atoms with Crippen molar-refractivity contribution < 1.29 is 9.18 Å². The van der Waals surface area contributed by atoms with Crippen molar-refractivity contribution in [1.82, 2.24) is 20.0 Å². The van der Waals surface area contributed by atoms with Gasteiger partial charge in [0, 0.05) is 13.1 Å². The molecule has 5 nitrogen and oxygen atoms in total. The van der Waals surface area contributed by atoms with Crippen molar-refractivity contribution >= 4 is 17.5 Å². The molecule has 2 rings (SSSR count). The summed E-state index contributed by atoms with van der Waals surface area (Å²) in [5.41, 5.74) is 1.48. The Labute approximate surface area is 146 Å². The number of aromatic nitrogens is 2. The molecule has 0 unspecified atom stereocenters. The molecule has 0 aliphatic carbocycles. The summed E-state index contributed by atoms with van der Waals surface area (Å²) in [7, 11) is 0. The van der Waals surface area contributed by atoms with Gasteiger partial charge >= 0.3 is 0 Å². The number of carbonyl (C=O) groups is 1. The standard InChI is InChI=1S/C17H22ClFN4O/c1-4-22(5-2)11-10-20-17(24)15-12(3)21-23(16(15)18)14-8-6-13(19)7-9-14/h6-9H,4-5,10-11H2,1-3H3,(H,20,24). The molecule has 130 valence electrons. The van der Waals surface area contributed by atoms with Crippen molar-refractivity contribution in [3.8, 4) is 5.69 Å². The monoisotopic (exact) mass is 352 g/mol. The normalized spacial score (nSPS) is 11.1. The first kappa shape index (κ1) is 18.4. The van der Waals surface area contributed by atoms with Gasteiger partial charge in [0.05, 0.1) is 16.9 Å². The van der Waals surface area contributed by atoms with Gasteiger partial charge in [0.1, 0.15) is 11.0 Å². The van der Waals surface area contributed by atoms with E-state index in [0.29, 0.717) is 23.5 Å². The number of likely N-dealkylation sites (N-methyl/N-ethyl adjacent to an activating group) is 1. The lowest BCUT2D eigenvalue weighted by Crippen LogP contribution is -2.35. The van der Waals surface area contributed by atoms with E-state index >= 15 is 0 Å². The Balaban J connectivity index is 2.13. The molecular weight excluding hydrogens is 331 g/mol. The van der Waals surface area contributed by atoms with Crippen LogP contribution in [0.5, 0.6) is 0 Å². The van der Waals surface area contributed by atoms with Crippen LogP contribution in [0.3, 0.4) is 0 Å². The Kier molecular flexibility index (Phi) is 6.34. The fraction of sp³-hybridized carbons (Fsp3) is 0.412. The third-order valence-corrected chi connectivity index (χ3v) is 4.26. The van der Waals surface area contributed by atoms with E-state index in [9.17, 15) is 9.18 Å². The topological polar surface area (TPSA) is 50.2 Å². The Bertz CT molecular complexity index is 695. The van der Waals surface area contributed by atoms with Crippen LogP contribution in [-0.2, 0) is 0 Å². The molecule has 1 aromatic carbocycles. The minimum Gasteiger partial charge on any atom is -0.351 e. The van der Waals surface area contributed by atoms with E-state index in [1.165, 1.54) is 16.8 Å². The van der Waals surface area contributed by atoms with E-state index in [1.807, 2.05) is 0 Å². The lowest BCUT2D eigenvalue weighted by Gasteiger charge is -2.17. The van der Waals surface area contributed by atoms with E-state index in [0.717, 1.165) is 19.6 Å². The quantitative estimate of drug-likeness (QED) is 0.833. The summed E-state index contributed by atoms with van der Waals surface area (Å²) in [5, 5.41) is 7.39. The average molecular weight is 353 g/mol. The highest BCUT2D eigenvalue weighted by Gasteiger charge is 2.21. The predicted octanol–water partition coefficient (Wildman–Crippen LogP) is 3.04. The second-order valence-electron chi connectivity index (χ2n) is 5.42. The molecule has 0 atom stereocenters. The van der Waals surface area contributed by atoms with Crippen molar-refractivity contribution in [2.24, 2.45) is 0 Å². The second-order valence-corrected chi connectivity index (χ2v) is 5.78. The van der Waals surface area contributed by atoms with Crippen LogP contribution in [0.1, 0.15) is 29.9 Å². The summed E-state index contributed by atoms with van der Waals surface area (Å²) in [5.74, 6) is -0.592. The zero-order valence-corrected chi connectivity index (χ0v) is 14.9. The minimum absolute atomic E-state index is 0.222. The summed E-state index contributed by atoms with van der Waals surface area (Å²) >= 11 is 6.33. The van der Waals surface area contributed by atoms with Crippen molar-refractivity contribution in [2.45, 2.75) is 20.8 Å². The molecule has 0 bridgehead atoms. The van der Waals surface area contributed by atoms with Crippen LogP contribution in [0.25, 0.3) is 5.69 Å². The highest BCUT2D eigenvalue weighted by Crippen LogP contribution is 2.23. The largest absolute Gasteiger partial charge is 0.351 e. The number of hydrogen-bond donors (Lipinski definition) is 1. The van der Waals surface area contributed by atoms with E-state index in [2.05, 4.69) is 29.2 Å². The van der Waals surface area contributed by atoms with Gasteiger partial charge in [-0.2, -0.15) is 5.10 Å². The van der Waals surface area contributed by atoms with Crippen LogP contribution in [-0.4, -0.2) is 46.8 Å². The van der Waals surface area contributed by atoms with E-state index in [4.69, 9.17) is 11.6 Å². The molecule has 1 aromatic heterocycles. The van der Waals surface area contributed by atoms with Crippen LogP contribution in [0.2, 0.25) is 5.15 Å². The van der Waals surface area contributed by atoms with Gasteiger partial charge in [0.25, 0.3) is 5.91 Å². The van der Waals surface area contributed by atoms with Gasteiger partial charge in [0.15, 0.2) is 0 Å². The maximum absolute atomic E-state index is 13.0. The third kappa shape index (κ3) is 4.13. The molecule has 24 heavy (non-hydrogen) atoms. The Hall–Kier alpha value is -1.92. The number of hydrogen-bond acceptors (Lipinski definition) is 3. The lowest BCUT2D eigenvalue weighted by molar-refractivity contribution is 0.0948. The van der Waals surface area contributed by atoms with Gasteiger partial charge in [-0.15, -0.1) is 0 Å². The van der Waals surface area contributed by atoms with Gasteiger partial charge in [0.2, 0.25) is 0 Å². The van der Waals surface area contributed by atoms with Crippen molar-refractivity contribution in [3.63, 3.8) is 0 Å². The molecule has 0 aliphatic heterocycles. The van der Waals surface area contributed by atoms with Crippen molar-refractivity contribution in [3.05, 3.63) is 46.5 Å². The SMILES string of the molecule is CCN(CC)CCNC(=O)c1c(C)nn(-c2ccc(F)cc2)c1Cl. The first-order chi connectivity index (χ1) is 11.5. The highest BCUT2D eigenvalue weighted by molar-refractivity contribution is 6.33. The zero-order valence-electron chi connectivity index (χ0n) is 14.1. The molecule has 1 N–H and O–H groups in total. The molecule has 1 heterocycles. The van der Waals surface area contributed by atoms with E-state index < -0.39 is 0 Å². The average Bonchev–Trinajstić information content (AvgIpc) is 2.87. The smallest absolute Gasteiger partial charge is 0.256 e. The maximum atomic E-state index is 13.0. The molecule has 0 fully saturated rings. The van der Waals surface area contributed by atoms with Crippen LogP contribution in [0, 0.1) is 12.7 Å². The lowest BCUT2D eigenvalue weighted by atomic mass is 10.2. The summed E-state index contributed by atoms with van der Waals surface area (Å²) in [6.45, 7) is 9.09. The molecule has 0 spiro atoms. The summed E-state index contributed by atoms with van der Waals surface area (Å²) < 4.78 is 14.5. The number of benzene rings is 1. The molecule has 1 amide bonds.